The zero-order valence-electron chi connectivity index (χ0n) is 13.6. The van der Waals surface area contributed by atoms with Crippen molar-refractivity contribution in [3.63, 3.8) is 0 Å². The van der Waals surface area contributed by atoms with Gasteiger partial charge in [0.15, 0.2) is 0 Å². The van der Waals surface area contributed by atoms with Gasteiger partial charge in [-0.2, -0.15) is 0 Å². The summed E-state index contributed by atoms with van der Waals surface area (Å²) in [5.74, 6) is -1.30. The van der Waals surface area contributed by atoms with Crippen LogP contribution in [0.1, 0.15) is 26.3 Å². The molecule has 10 heteroatoms. The quantitative estimate of drug-likeness (QED) is 0.311. The number of carboxylic acid groups (broad SMARTS) is 1. The minimum atomic E-state index is -1.15. The standard InChI is InChI=1S/C15H20N4O5.Na.H/c1-15(2,3)24-14(23)19-12(16)9-4-6-10(7-5-9)18-13(22)17-8-11(20)21;;/h4-7H,8H2,1-3H3,(H,20,21)(H2,16,19,23)(H2,17,18,22);;. The third-order valence-electron chi connectivity index (χ3n) is 2.46. The number of hydrogen-bond acceptors (Lipinski definition) is 5. The van der Waals surface area contributed by atoms with Crippen LogP contribution in [-0.4, -0.2) is 70.7 Å². The Bertz CT molecular complexity index is 640. The fourth-order valence-corrected chi connectivity index (χ4v) is 1.53. The van der Waals surface area contributed by atoms with E-state index in [9.17, 15) is 14.4 Å². The van der Waals surface area contributed by atoms with Crippen LogP contribution in [0.25, 0.3) is 0 Å². The number of urea groups is 1. The van der Waals surface area contributed by atoms with E-state index in [1.807, 2.05) is 0 Å². The Hall–Kier alpha value is -2.10. The van der Waals surface area contributed by atoms with Gasteiger partial charge in [-0.25, -0.2) is 9.59 Å². The molecule has 25 heavy (non-hydrogen) atoms. The molecule has 0 radical (unpaired) electrons. The third-order valence-corrected chi connectivity index (χ3v) is 2.46. The first-order chi connectivity index (χ1) is 11.1. The Kier molecular flexibility index (Phi) is 9.18. The molecule has 0 saturated carbocycles. The molecular formula is C15H21N4NaO5. The number of carbonyl (C=O) groups is 3. The van der Waals surface area contributed by atoms with Gasteiger partial charge in [-0.1, -0.05) is 0 Å². The van der Waals surface area contributed by atoms with Crippen molar-refractivity contribution in [3.05, 3.63) is 29.8 Å². The Morgan fingerprint density at radius 1 is 1.16 bits per heavy atom. The Balaban J connectivity index is 0.00000576. The average molecular weight is 360 g/mol. The number of nitrogens with one attached hydrogen (secondary N) is 4. The van der Waals surface area contributed by atoms with Crippen molar-refractivity contribution >= 4 is 59.2 Å². The van der Waals surface area contributed by atoms with Crippen LogP contribution in [0.15, 0.2) is 24.3 Å². The zero-order valence-corrected chi connectivity index (χ0v) is 13.6. The molecule has 1 aromatic rings. The number of anilines is 1. The summed E-state index contributed by atoms with van der Waals surface area (Å²) in [6.45, 7) is 4.65. The molecule has 0 bridgehead atoms. The molecule has 0 unspecified atom stereocenters. The number of rotatable bonds is 4. The number of benzene rings is 1. The topological polar surface area (TPSA) is 141 Å². The second-order valence-electron chi connectivity index (χ2n) is 5.78. The monoisotopic (exact) mass is 360 g/mol. The van der Waals surface area contributed by atoms with E-state index in [1.54, 1.807) is 20.8 Å². The fraction of sp³-hybridized carbons (Fsp3) is 0.333. The maximum absolute atomic E-state index is 11.6. The van der Waals surface area contributed by atoms with E-state index in [-0.39, 0.29) is 35.4 Å². The molecule has 0 fully saturated rings. The van der Waals surface area contributed by atoms with Gasteiger partial charge in [0, 0.05) is 11.3 Å². The number of carbonyl (C=O) groups excluding carboxylic acids is 2. The van der Waals surface area contributed by atoms with Crippen LogP contribution in [0.2, 0.25) is 0 Å². The molecule has 0 atom stereocenters. The summed E-state index contributed by atoms with van der Waals surface area (Å²) in [6, 6.07) is 5.41. The minimum absolute atomic E-state index is 0. The van der Waals surface area contributed by atoms with Crippen molar-refractivity contribution in [2.45, 2.75) is 26.4 Å². The van der Waals surface area contributed by atoms with Crippen molar-refractivity contribution in [1.29, 1.82) is 5.41 Å². The summed E-state index contributed by atoms with van der Waals surface area (Å²) in [5, 5.41) is 23.2. The number of alkyl carbamates (subject to hydrolysis) is 1. The first kappa shape index (κ1) is 22.9. The SMILES string of the molecule is CC(C)(C)OC(=O)NC(=N)c1ccc(NC(=O)NCC(=O)O)cc1.[NaH]. The Labute approximate surface area is 167 Å². The second kappa shape index (κ2) is 10.0. The molecule has 0 heterocycles. The first-order valence-electron chi connectivity index (χ1n) is 7.02. The summed E-state index contributed by atoms with van der Waals surface area (Å²) in [6.07, 6.45) is -0.734. The first-order valence-corrected chi connectivity index (χ1v) is 7.02. The molecule has 5 N–H and O–H groups in total. The molecule has 0 spiro atoms. The van der Waals surface area contributed by atoms with Gasteiger partial charge in [-0.15, -0.1) is 0 Å². The number of aliphatic carboxylic acids is 1. The number of amides is 3. The molecule has 0 aliphatic rings. The Morgan fingerprint density at radius 3 is 2.20 bits per heavy atom. The van der Waals surface area contributed by atoms with E-state index in [2.05, 4.69) is 16.0 Å². The van der Waals surface area contributed by atoms with Gasteiger partial charge in [-0.3, -0.25) is 15.5 Å². The molecule has 3 amide bonds. The molecule has 1 rings (SSSR count). The predicted octanol–water partition coefficient (Wildman–Crippen LogP) is 1.09. The van der Waals surface area contributed by atoms with Gasteiger partial charge in [0.2, 0.25) is 0 Å². The van der Waals surface area contributed by atoms with Crippen LogP contribution >= 0.6 is 0 Å². The van der Waals surface area contributed by atoms with Crippen molar-refractivity contribution in [2.24, 2.45) is 0 Å². The van der Waals surface area contributed by atoms with Crippen molar-refractivity contribution in [3.8, 4) is 0 Å². The van der Waals surface area contributed by atoms with Crippen LogP contribution in [0, 0.1) is 5.41 Å². The number of ether oxygens (including phenoxy) is 1. The second-order valence-corrected chi connectivity index (χ2v) is 5.78. The summed E-state index contributed by atoms with van der Waals surface area (Å²) in [4.78, 5) is 33.3. The number of amidine groups is 1. The van der Waals surface area contributed by atoms with Gasteiger partial charge in [-0.05, 0) is 45.0 Å². The van der Waals surface area contributed by atoms with Crippen LogP contribution < -0.4 is 16.0 Å². The molecule has 0 saturated heterocycles. The van der Waals surface area contributed by atoms with Crippen molar-refractivity contribution < 1.29 is 24.2 Å². The molecule has 0 aliphatic carbocycles. The predicted molar refractivity (Wildman–Crippen MR) is 94.4 cm³/mol. The van der Waals surface area contributed by atoms with E-state index in [1.165, 1.54) is 24.3 Å². The van der Waals surface area contributed by atoms with E-state index < -0.39 is 30.2 Å². The summed E-state index contributed by atoms with van der Waals surface area (Å²) >= 11 is 0. The summed E-state index contributed by atoms with van der Waals surface area (Å²) in [7, 11) is 0. The molecular weight excluding hydrogens is 339 g/mol. The average Bonchev–Trinajstić information content (AvgIpc) is 2.43. The summed E-state index contributed by atoms with van der Waals surface area (Å²) in [5.41, 5.74) is 0.158. The van der Waals surface area contributed by atoms with Gasteiger partial charge in [0.1, 0.15) is 18.0 Å². The number of carboxylic acids is 1. The molecule has 9 nitrogen and oxygen atoms in total. The molecule has 1 aromatic carbocycles. The molecule has 0 aliphatic heterocycles. The van der Waals surface area contributed by atoms with Crippen LogP contribution in [0.3, 0.4) is 0 Å². The van der Waals surface area contributed by atoms with E-state index in [0.717, 1.165) is 0 Å². The molecule has 132 valence electrons. The van der Waals surface area contributed by atoms with Gasteiger partial charge >= 0.3 is 47.7 Å². The summed E-state index contributed by atoms with van der Waals surface area (Å²) < 4.78 is 5.05. The van der Waals surface area contributed by atoms with Crippen LogP contribution in [-0.2, 0) is 9.53 Å². The van der Waals surface area contributed by atoms with E-state index in [0.29, 0.717) is 11.3 Å². The maximum atomic E-state index is 11.6. The normalized spacial score (nSPS) is 10.0. The number of hydrogen-bond donors (Lipinski definition) is 5. The van der Waals surface area contributed by atoms with Crippen LogP contribution in [0.4, 0.5) is 15.3 Å². The third kappa shape index (κ3) is 9.70. The van der Waals surface area contributed by atoms with Crippen molar-refractivity contribution in [1.82, 2.24) is 10.6 Å². The van der Waals surface area contributed by atoms with Gasteiger partial charge in [0.05, 0.1) is 0 Å². The zero-order chi connectivity index (χ0) is 18.3. The van der Waals surface area contributed by atoms with Crippen molar-refractivity contribution in [2.75, 3.05) is 11.9 Å². The molecule has 0 aromatic heterocycles. The van der Waals surface area contributed by atoms with E-state index in [4.69, 9.17) is 15.3 Å². The van der Waals surface area contributed by atoms with Gasteiger partial charge in [0.25, 0.3) is 0 Å². The van der Waals surface area contributed by atoms with E-state index >= 15 is 0 Å². The van der Waals surface area contributed by atoms with Gasteiger partial charge < -0.3 is 20.5 Å². The van der Waals surface area contributed by atoms with Crippen LogP contribution in [0.5, 0.6) is 0 Å². The fourth-order valence-electron chi connectivity index (χ4n) is 1.53. The Morgan fingerprint density at radius 2 is 1.72 bits per heavy atom.